The maximum Gasteiger partial charge on any atom is 0.416 e. The normalized spacial score (nSPS) is 13.1. The first-order chi connectivity index (χ1) is 9.23. The van der Waals surface area contributed by atoms with Crippen molar-refractivity contribution in [2.75, 3.05) is 0 Å². The van der Waals surface area contributed by atoms with Gasteiger partial charge in [-0.1, -0.05) is 13.8 Å². The summed E-state index contributed by atoms with van der Waals surface area (Å²) in [6, 6.07) is 3.72. The number of hydrogen-bond donors (Lipinski definition) is 1. The van der Waals surface area contributed by atoms with Gasteiger partial charge in [0, 0.05) is 5.54 Å². The van der Waals surface area contributed by atoms with Gasteiger partial charge in [0.1, 0.15) is 0 Å². The molecule has 0 saturated carbocycles. The first kappa shape index (κ1) is 15.1. The molecule has 0 bridgehead atoms. The highest BCUT2D eigenvalue weighted by Gasteiger charge is 2.32. The molecule has 0 aliphatic carbocycles. The standard InChI is InChI=1S/C14H17F3N2S/c1-4-13(3,5-2)19-11-7-6-9(14(15,16)17)8-10(11)18-12(19)20/h6-8H,4-5H2,1-3H3,(H,18,20). The molecule has 1 N–H and O–H groups in total. The van der Waals surface area contributed by atoms with E-state index in [1.807, 2.05) is 18.4 Å². The molecule has 1 aromatic carbocycles. The van der Waals surface area contributed by atoms with Crippen LogP contribution in [0, 0.1) is 4.77 Å². The molecule has 0 saturated heterocycles. The lowest BCUT2D eigenvalue weighted by molar-refractivity contribution is -0.137. The molecule has 110 valence electrons. The van der Waals surface area contributed by atoms with Gasteiger partial charge in [0.15, 0.2) is 4.77 Å². The fraction of sp³-hybridized carbons (Fsp3) is 0.500. The van der Waals surface area contributed by atoms with Crippen molar-refractivity contribution in [3.63, 3.8) is 0 Å². The van der Waals surface area contributed by atoms with Gasteiger partial charge in [-0.2, -0.15) is 13.2 Å². The Morgan fingerprint density at radius 1 is 1.20 bits per heavy atom. The fourth-order valence-electron chi connectivity index (χ4n) is 2.39. The minimum atomic E-state index is -4.34. The molecule has 2 aromatic rings. The number of fused-ring (bicyclic) bond motifs is 1. The van der Waals surface area contributed by atoms with Crippen LogP contribution in [0.2, 0.25) is 0 Å². The minimum Gasteiger partial charge on any atom is -0.331 e. The van der Waals surface area contributed by atoms with Crippen LogP contribution in [0.25, 0.3) is 11.0 Å². The lowest BCUT2D eigenvalue weighted by atomic mass is 9.95. The summed E-state index contributed by atoms with van der Waals surface area (Å²) < 4.78 is 40.6. The van der Waals surface area contributed by atoms with E-state index >= 15 is 0 Å². The van der Waals surface area contributed by atoms with E-state index in [2.05, 4.69) is 11.9 Å². The number of rotatable bonds is 3. The summed E-state index contributed by atoms with van der Waals surface area (Å²) in [7, 11) is 0. The van der Waals surface area contributed by atoms with Gasteiger partial charge in [0.2, 0.25) is 0 Å². The number of halogens is 3. The van der Waals surface area contributed by atoms with Crippen LogP contribution in [0.15, 0.2) is 18.2 Å². The van der Waals surface area contributed by atoms with Crippen LogP contribution in [0.5, 0.6) is 0 Å². The lowest BCUT2D eigenvalue weighted by Crippen LogP contribution is -2.28. The summed E-state index contributed by atoms with van der Waals surface area (Å²) in [5, 5.41) is 0. The zero-order valence-electron chi connectivity index (χ0n) is 11.6. The maximum atomic E-state index is 12.7. The van der Waals surface area contributed by atoms with Gasteiger partial charge in [0.05, 0.1) is 16.6 Å². The van der Waals surface area contributed by atoms with Gasteiger partial charge in [0.25, 0.3) is 0 Å². The fourth-order valence-corrected chi connectivity index (χ4v) is 2.82. The van der Waals surface area contributed by atoms with Gasteiger partial charge in [-0.25, -0.2) is 0 Å². The number of alkyl halides is 3. The van der Waals surface area contributed by atoms with E-state index < -0.39 is 11.7 Å². The monoisotopic (exact) mass is 302 g/mol. The number of hydrogen-bond acceptors (Lipinski definition) is 1. The van der Waals surface area contributed by atoms with Gasteiger partial charge in [-0.05, 0) is 50.2 Å². The second kappa shape index (κ2) is 4.91. The summed E-state index contributed by atoms with van der Waals surface area (Å²) in [6.45, 7) is 6.16. The van der Waals surface area contributed by atoms with E-state index in [4.69, 9.17) is 12.2 Å². The van der Waals surface area contributed by atoms with E-state index in [0.29, 0.717) is 15.8 Å². The number of nitrogens with one attached hydrogen (secondary N) is 1. The third-order valence-corrected chi connectivity index (χ3v) is 4.36. The second-order valence-corrected chi connectivity index (χ2v) is 5.59. The Kier molecular flexibility index (Phi) is 3.71. The van der Waals surface area contributed by atoms with Crippen molar-refractivity contribution < 1.29 is 13.2 Å². The first-order valence-electron chi connectivity index (χ1n) is 6.55. The van der Waals surface area contributed by atoms with Crippen LogP contribution in [0.1, 0.15) is 39.2 Å². The Labute approximate surface area is 120 Å². The number of nitrogens with zero attached hydrogens (tertiary/aromatic N) is 1. The van der Waals surface area contributed by atoms with E-state index in [0.717, 1.165) is 25.0 Å². The predicted molar refractivity (Wildman–Crippen MR) is 76.4 cm³/mol. The number of aromatic nitrogens is 2. The Morgan fingerprint density at radius 3 is 2.30 bits per heavy atom. The van der Waals surface area contributed by atoms with Crippen LogP contribution in [-0.2, 0) is 11.7 Å². The first-order valence-corrected chi connectivity index (χ1v) is 6.96. The quantitative estimate of drug-likeness (QED) is 0.768. The molecule has 6 heteroatoms. The topological polar surface area (TPSA) is 20.7 Å². The Balaban J connectivity index is 2.71. The third kappa shape index (κ3) is 2.37. The molecule has 0 aliphatic heterocycles. The van der Waals surface area contributed by atoms with E-state index in [1.54, 1.807) is 0 Å². The Bertz CT molecular complexity index is 678. The maximum absolute atomic E-state index is 12.7. The minimum absolute atomic E-state index is 0.199. The molecule has 1 aromatic heterocycles. The summed E-state index contributed by atoms with van der Waals surface area (Å²) in [4.78, 5) is 2.89. The predicted octanol–water partition coefficient (Wildman–Crippen LogP) is 5.25. The van der Waals surface area contributed by atoms with Crippen LogP contribution in [0.3, 0.4) is 0 Å². The number of H-pyrrole nitrogens is 1. The van der Waals surface area contributed by atoms with Crippen molar-refractivity contribution in [2.24, 2.45) is 0 Å². The summed E-state index contributed by atoms with van der Waals surface area (Å²) >= 11 is 5.30. The molecule has 0 atom stereocenters. The van der Waals surface area contributed by atoms with Crippen molar-refractivity contribution in [3.05, 3.63) is 28.5 Å². The summed E-state index contributed by atoms with van der Waals surface area (Å²) in [5.41, 5.74) is 0.282. The largest absolute Gasteiger partial charge is 0.416 e. The third-order valence-electron chi connectivity index (χ3n) is 4.07. The van der Waals surface area contributed by atoms with Crippen LogP contribution >= 0.6 is 12.2 Å². The zero-order chi connectivity index (χ0) is 15.1. The Morgan fingerprint density at radius 2 is 1.80 bits per heavy atom. The second-order valence-electron chi connectivity index (χ2n) is 5.20. The van der Waals surface area contributed by atoms with Crippen LogP contribution in [-0.4, -0.2) is 9.55 Å². The van der Waals surface area contributed by atoms with Crippen LogP contribution < -0.4 is 0 Å². The molecule has 2 rings (SSSR count). The van der Waals surface area contributed by atoms with Crippen LogP contribution in [0.4, 0.5) is 13.2 Å². The van der Waals surface area contributed by atoms with Crippen molar-refractivity contribution in [1.29, 1.82) is 0 Å². The molecule has 20 heavy (non-hydrogen) atoms. The number of imidazole rings is 1. The van der Waals surface area contributed by atoms with Gasteiger partial charge in [-0.15, -0.1) is 0 Å². The molecule has 2 nitrogen and oxygen atoms in total. The molecule has 1 heterocycles. The highest BCUT2D eigenvalue weighted by Crippen LogP contribution is 2.34. The molecule has 0 radical (unpaired) electrons. The van der Waals surface area contributed by atoms with Crippen molar-refractivity contribution in [3.8, 4) is 0 Å². The highest BCUT2D eigenvalue weighted by atomic mass is 32.1. The van der Waals surface area contributed by atoms with Crippen molar-refractivity contribution in [2.45, 2.75) is 45.3 Å². The lowest BCUT2D eigenvalue weighted by Gasteiger charge is -2.29. The summed E-state index contributed by atoms with van der Waals surface area (Å²) in [5.74, 6) is 0. The molecule has 0 unspecified atom stereocenters. The van der Waals surface area contributed by atoms with Crippen molar-refractivity contribution in [1.82, 2.24) is 9.55 Å². The zero-order valence-corrected chi connectivity index (χ0v) is 12.5. The molecule has 0 spiro atoms. The summed E-state index contributed by atoms with van der Waals surface area (Å²) in [6.07, 6.45) is -2.64. The molecular weight excluding hydrogens is 285 g/mol. The van der Waals surface area contributed by atoms with E-state index in [-0.39, 0.29) is 5.54 Å². The molecular formula is C14H17F3N2S. The van der Waals surface area contributed by atoms with Gasteiger partial charge in [-0.3, -0.25) is 0 Å². The van der Waals surface area contributed by atoms with Crippen molar-refractivity contribution >= 4 is 23.3 Å². The highest BCUT2D eigenvalue weighted by molar-refractivity contribution is 7.71. The molecule has 0 amide bonds. The number of benzene rings is 1. The Hall–Kier alpha value is -1.30. The average Bonchev–Trinajstić information content (AvgIpc) is 2.72. The number of aromatic amines is 1. The average molecular weight is 302 g/mol. The van der Waals surface area contributed by atoms with Gasteiger partial charge >= 0.3 is 6.18 Å². The van der Waals surface area contributed by atoms with E-state index in [9.17, 15) is 13.2 Å². The van der Waals surface area contributed by atoms with Gasteiger partial charge < -0.3 is 9.55 Å². The van der Waals surface area contributed by atoms with E-state index in [1.165, 1.54) is 6.07 Å². The SMILES string of the molecule is CCC(C)(CC)n1c(=S)[nH]c2cc(C(F)(F)F)ccc21. The smallest absolute Gasteiger partial charge is 0.331 e. The molecule has 0 aliphatic rings. The molecule has 0 fully saturated rings.